The first-order valence-corrected chi connectivity index (χ1v) is 8.32. The molecule has 0 aromatic carbocycles. The van der Waals surface area contributed by atoms with Crippen LogP contribution in [0.15, 0.2) is 0 Å². The molecule has 2 nitrogen and oxygen atoms in total. The van der Waals surface area contributed by atoms with E-state index in [-0.39, 0.29) is 31.1 Å². The summed E-state index contributed by atoms with van der Waals surface area (Å²) in [6.45, 7) is 0.389. The average Bonchev–Trinajstić information content (AvgIpc) is 2.38. The summed E-state index contributed by atoms with van der Waals surface area (Å²) in [6, 6.07) is 0. The van der Waals surface area contributed by atoms with Crippen LogP contribution in [-0.2, 0) is 0 Å². The molecule has 0 aliphatic heterocycles. The molecule has 0 aromatic heterocycles. The Balaban J connectivity index is 2.10. The molecule has 0 heterocycles. The zero-order valence-corrected chi connectivity index (χ0v) is 12.7. The number of alkyl halides is 3. The summed E-state index contributed by atoms with van der Waals surface area (Å²) in [7, 11) is 0. The standard InChI is InChI=1S/C16H28F3NO/c17-16(18,19)13-6-10-15(21,11-7-13)14(12-20)8-4-2-1-3-5-9-14/h13,21H,1-12,20H2. The fraction of sp³-hybridized carbons (Fsp3) is 1.00. The highest BCUT2D eigenvalue weighted by Gasteiger charge is 2.53. The molecule has 0 unspecified atom stereocenters. The first-order chi connectivity index (χ1) is 9.83. The Morgan fingerprint density at radius 1 is 0.905 bits per heavy atom. The third-order valence-corrected chi connectivity index (χ3v) is 5.96. The highest BCUT2D eigenvalue weighted by atomic mass is 19.4. The summed E-state index contributed by atoms with van der Waals surface area (Å²) in [4.78, 5) is 0. The van der Waals surface area contributed by atoms with Crippen LogP contribution in [0.5, 0.6) is 0 Å². The van der Waals surface area contributed by atoms with Crippen LogP contribution in [0.25, 0.3) is 0 Å². The molecule has 5 heteroatoms. The molecule has 2 fully saturated rings. The van der Waals surface area contributed by atoms with E-state index < -0.39 is 17.7 Å². The van der Waals surface area contributed by atoms with Gasteiger partial charge in [-0.1, -0.05) is 32.1 Å². The summed E-state index contributed by atoms with van der Waals surface area (Å²) < 4.78 is 38.5. The van der Waals surface area contributed by atoms with Crippen molar-refractivity contribution >= 4 is 0 Å². The molecule has 0 radical (unpaired) electrons. The minimum atomic E-state index is -4.13. The van der Waals surface area contributed by atoms with Crippen LogP contribution in [0.3, 0.4) is 0 Å². The molecule has 2 aliphatic carbocycles. The number of aliphatic hydroxyl groups is 1. The number of nitrogens with two attached hydrogens (primary N) is 1. The summed E-state index contributed by atoms with van der Waals surface area (Å²) in [5.41, 5.74) is 4.64. The zero-order chi connectivity index (χ0) is 15.6. The molecule has 2 saturated carbocycles. The van der Waals surface area contributed by atoms with Crippen LogP contribution in [-0.4, -0.2) is 23.4 Å². The molecule has 0 atom stereocenters. The first kappa shape index (κ1) is 17.1. The predicted molar refractivity (Wildman–Crippen MR) is 76.8 cm³/mol. The second-order valence-corrected chi connectivity index (χ2v) is 7.10. The lowest BCUT2D eigenvalue weighted by Gasteiger charge is -2.51. The lowest BCUT2D eigenvalue weighted by Crippen LogP contribution is -2.55. The normalized spacial score (nSPS) is 35.0. The van der Waals surface area contributed by atoms with E-state index >= 15 is 0 Å². The highest BCUT2D eigenvalue weighted by molar-refractivity contribution is 5.02. The molecule has 0 aromatic rings. The van der Waals surface area contributed by atoms with Gasteiger partial charge in [-0.25, -0.2) is 0 Å². The fourth-order valence-corrected chi connectivity index (χ4v) is 4.39. The van der Waals surface area contributed by atoms with Crippen molar-refractivity contribution in [2.75, 3.05) is 6.54 Å². The number of hydrogen-bond acceptors (Lipinski definition) is 2. The number of hydrogen-bond donors (Lipinski definition) is 2. The largest absolute Gasteiger partial charge is 0.391 e. The van der Waals surface area contributed by atoms with Crippen LogP contribution < -0.4 is 5.73 Å². The van der Waals surface area contributed by atoms with Gasteiger partial charge >= 0.3 is 6.18 Å². The molecular weight excluding hydrogens is 279 g/mol. The Bertz CT molecular complexity index is 327. The minimum absolute atomic E-state index is 0.0434. The molecule has 2 rings (SSSR count). The van der Waals surface area contributed by atoms with Crippen molar-refractivity contribution in [1.29, 1.82) is 0 Å². The van der Waals surface area contributed by atoms with Gasteiger partial charge in [-0.2, -0.15) is 13.2 Å². The van der Waals surface area contributed by atoms with E-state index in [1.807, 2.05) is 0 Å². The lowest BCUT2D eigenvalue weighted by molar-refractivity contribution is -0.205. The summed E-state index contributed by atoms with van der Waals surface area (Å²) in [6.07, 6.45) is 3.73. The number of halogens is 3. The van der Waals surface area contributed by atoms with Gasteiger partial charge in [0.05, 0.1) is 11.5 Å². The maximum absolute atomic E-state index is 12.8. The predicted octanol–water partition coefficient (Wildman–Crippen LogP) is 4.16. The van der Waals surface area contributed by atoms with E-state index in [2.05, 4.69) is 0 Å². The van der Waals surface area contributed by atoms with Gasteiger partial charge in [0.25, 0.3) is 0 Å². The van der Waals surface area contributed by atoms with Gasteiger partial charge in [-0.3, -0.25) is 0 Å². The van der Waals surface area contributed by atoms with Crippen molar-refractivity contribution < 1.29 is 18.3 Å². The van der Waals surface area contributed by atoms with E-state index in [1.54, 1.807) is 0 Å². The Morgan fingerprint density at radius 3 is 1.81 bits per heavy atom. The van der Waals surface area contributed by atoms with Gasteiger partial charge in [0.15, 0.2) is 0 Å². The monoisotopic (exact) mass is 307 g/mol. The molecule has 0 spiro atoms. The third kappa shape index (κ3) is 3.55. The van der Waals surface area contributed by atoms with Crippen molar-refractivity contribution in [2.24, 2.45) is 17.1 Å². The average molecular weight is 307 g/mol. The van der Waals surface area contributed by atoms with E-state index in [0.717, 1.165) is 38.5 Å². The third-order valence-electron chi connectivity index (χ3n) is 5.96. The molecule has 0 bridgehead atoms. The quantitative estimate of drug-likeness (QED) is 0.804. The first-order valence-electron chi connectivity index (χ1n) is 8.32. The summed E-state index contributed by atoms with van der Waals surface area (Å²) in [5.74, 6) is -1.25. The smallest absolute Gasteiger partial charge is 0.389 e. The topological polar surface area (TPSA) is 46.2 Å². The molecule has 3 N–H and O–H groups in total. The molecule has 2 aliphatic rings. The Kier molecular flexibility index (Phi) is 5.24. The van der Waals surface area contributed by atoms with Crippen LogP contribution in [0.2, 0.25) is 0 Å². The SMILES string of the molecule is NCC1(C2(O)CCC(C(F)(F)F)CC2)CCCCCCC1. The Morgan fingerprint density at radius 2 is 1.38 bits per heavy atom. The van der Waals surface area contributed by atoms with Gasteiger partial charge in [-0.15, -0.1) is 0 Å². The molecule has 0 saturated heterocycles. The summed E-state index contributed by atoms with van der Waals surface area (Å²) in [5, 5.41) is 11.1. The Hall–Kier alpha value is -0.290. The van der Waals surface area contributed by atoms with Crippen molar-refractivity contribution in [1.82, 2.24) is 0 Å². The molecule has 0 amide bonds. The van der Waals surface area contributed by atoms with Gasteiger partial charge in [-0.05, 0) is 38.5 Å². The van der Waals surface area contributed by atoms with Gasteiger partial charge < -0.3 is 10.8 Å². The Labute approximate surface area is 125 Å². The van der Waals surface area contributed by atoms with Crippen molar-refractivity contribution in [3.63, 3.8) is 0 Å². The van der Waals surface area contributed by atoms with Crippen LogP contribution in [0.4, 0.5) is 13.2 Å². The van der Waals surface area contributed by atoms with Gasteiger partial charge in [0, 0.05) is 12.0 Å². The fourth-order valence-electron chi connectivity index (χ4n) is 4.39. The molecular formula is C16H28F3NO. The second-order valence-electron chi connectivity index (χ2n) is 7.10. The van der Waals surface area contributed by atoms with Crippen molar-refractivity contribution in [3.05, 3.63) is 0 Å². The van der Waals surface area contributed by atoms with Crippen LogP contribution in [0.1, 0.15) is 70.6 Å². The van der Waals surface area contributed by atoms with Crippen LogP contribution in [0, 0.1) is 11.3 Å². The van der Waals surface area contributed by atoms with Gasteiger partial charge in [0.2, 0.25) is 0 Å². The van der Waals surface area contributed by atoms with E-state index in [4.69, 9.17) is 5.73 Å². The lowest BCUT2D eigenvalue weighted by atomic mass is 9.59. The minimum Gasteiger partial charge on any atom is -0.389 e. The van der Waals surface area contributed by atoms with Crippen molar-refractivity contribution in [3.8, 4) is 0 Å². The van der Waals surface area contributed by atoms with Gasteiger partial charge in [0.1, 0.15) is 0 Å². The highest BCUT2D eigenvalue weighted by Crippen LogP contribution is 2.52. The molecule has 124 valence electrons. The molecule has 21 heavy (non-hydrogen) atoms. The summed E-state index contributed by atoms with van der Waals surface area (Å²) >= 11 is 0. The van der Waals surface area contributed by atoms with E-state index in [9.17, 15) is 18.3 Å². The maximum atomic E-state index is 12.8. The van der Waals surface area contributed by atoms with E-state index in [1.165, 1.54) is 6.42 Å². The van der Waals surface area contributed by atoms with Crippen molar-refractivity contribution in [2.45, 2.75) is 82.4 Å². The van der Waals surface area contributed by atoms with Crippen LogP contribution >= 0.6 is 0 Å². The van der Waals surface area contributed by atoms with E-state index in [0.29, 0.717) is 6.54 Å². The second kappa shape index (κ2) is 6.45. The number of rotatable bonds is 2. The maximum Gasteiger partial charge on any atom is 0.391 e. The zero-order valence-electron chi connectivity index (χ0n) is 12.7.